The molecule has 0 radical (unpaired) electrons. The second kappa shape index (κ2) is 8.94. The summed E-state index contributed by atoms with van der Waals surface area (Å²) in [6.45, 7) is 0.669. The Balaban J connectivity index is 1.52. The molecule has 0 bridgehead atoms. The first-order chi connectivity index (χ1) is 16.7. The van der Waals surface area contributed by atoms with Gasteiger partial charge in [0.1, 0.15) is 5.82 Å². The van der Waals surface area contributed by atoms with Crippen LogP contribution in [-0.2, 0) is 26.0 Å². The lowest BCUT2D eigenvalue weighted by Crippen LogP contribution is -2.51. The molecule has 1 heterocycles. The third-order valence-electron chi connectivity index (χ3n) is 7.85. The van der Waals surface area contributed by atoms with Gasteiger partial charge >= 0.3 is 0 Å². The number of sulfonamides is 1. The van der Waals surface area contributed by atoms with E-state index in [1.807, 2.05) is 30.3 Å². The Bertz CT molecular complexity index is 1210. The van der Waals surface area contributed by atoms with Gasteiger partial charge in [-0.3, -0.25) is 4.79 Å². The zero-order chi connectivity index (χ0) is 24.8. The summed E-state index contributed by atoms with van der Waals surface area (Å²) >= 11 is 0. The van der Waals surface area contributed by atoms with E-state index in [4.69, 9.17) is 4.74 Å². The van der Waals surface area contributed by atoms with Gasteiger partial charge in [-0.25, -0.2) is 21.9 Å². The normalized spacial score (nSPS) is 24.0. The maximum atomic E-state index is 15.7. The Morgan fingerprint density at radius 2 is 1.83 bits per heavy atom. The maximum Gasteiger partial charge on any atom is 0.241 e. The molecule has 1 amide bonds. The van der Waals surface area contributed by atoms with Crippen LogP contribution in [0.15, 0.2) is 48.5 Å². The van der Waals surface area contributed by atoms with Crippen LogP contribution in [0.1, 0.15) is 31.2 Å². The first-order valence-corrected chi connectivity index (χ1v) is 13.6. The van der Waals surface area contributed by atoms with Crippen LogP contribution < -0.4 is 4.72 Å². The minimum Gasteiger partial charge on any atom is -0.384 e. The highest BCUT2D eigenvalue weighted by Crippen LogP contribution is 2.58. The van der Waals surface area contributed by atoms with Crippen molar-refractivity contribution in [3.63, 3.8) is 0 Å². The fourth-order valence-electron chi connectivity index (χ4n) is 5.61. The number of likely N-dealkylation sites (tertiary alicyclic amines) is 1. The van der Waals surface area contributed by atoms with Crippen molar-refractivity contribution in [1.29, 1.82) is 0 Å². The zero-order valence-corrected chi connectivity index (χ0v) is 20.5. The third kappa shape index (κ3) is 4.49. The number of nitrogens with zero attached hydrogens (tertiary/aromatic N) is 1. The largest absolute Gasteiger partial charge is 0.384 e. The van der Waals surface area contributed by atoms with Gasteiger partial charge in [-0.2, -0.15) is 0 Å². The van der Waals surface area contributed by atoms with E-state index in [-0.39, 0.29) is 12.3 Å². The molecule has 1 aliphatic heterocycles. The van der Waals surface area contributed by atoms with Gasteiger partial charge in [-0.05, 0) is 43.2 Å². The molecule has 5 rings (SSSR count). The van der Waals surface area contributed by atoms with Crippen molar-refractivity contribution < 1.29 is 26.7 Å². The molecule has 2 aliphatic carbocycles. The van der Waals surface area contributed by atoms with Crippen molar-refractivity contribution in [2.75, 3.05) is 26.3 Å². The lowest BCUT2D eigenvalue weighted by molar-refractivity contribution is -0.140. The molecule has 1 spiro atoms. The monoisotopic (exact) mass is 504 g/mol. The van der Waals surface area contributed by atoms with Gasteiger partial charge in [0.05, 0.1) is 18.1 Å². The van der Waals surface area contributed by atoms with E-state index in [1.165, 1.54) is 0 Å². The third-order valence-corrected chi connectivity index (χ3v) is 8.75. The van der Waals surface area contributed by atoms with Gasteiger partial charge < -0.3 is 9.64 Å². The quantitative estimate of drug-likeness (QED) is 0.566. The van der Waals surface area contributed by atoms with Crippen molar-refractivity contribution in [1.82, 2.24) is 9.62 Å². The van der Waals surface area contributed by atoms with Gasteiger partial charge in [-0.15, -0.1) is 0 Å². The number of benzene rings is 2. The lowest BCUT2D eigenvalue weighted by atomic mass is 9.91. The molecule has 0 unspecified atom stereocenters. The predicted molar refractivity (Wildman–Crippen MR) is 128 cm³/mol. The highest BCUT2D eigenvalue weighted by atomic mass is 32.2. The van der Waals surface area contributed by atoms with E-state index in [2.05, 4.69) is 4.72 Å². The van der Waals surface area contributed by atoms with E-state index < -0.39 is 44.8 Å². The summed E-state index contributed by atoms with van der Waals surface area (Å²) in [5.74, 6) is -0.481. The van der Waals surface area contributed by atoms with Gasteiger partial charge in [0, 0.05) is 30.7 Å². The number of carbonyl (C=O) groups excluding carboxylic acids is 1. The first-order valence-electron chi connectivity index (χ1n) is 11.9. The van der Waals surface area contributed by atoms with Crippen LogP contribution in [0.25, 0.3) is 11.1 Å². The van der Waals surface area contributed by atoms with Crippen molar-refractivity contribution in [2.24, 2.45) is 10.8 Å². The molecule has 2 aromatic carbocycles. The number of methoxy groups -OCH3 is 1. The van der Waals surface area contributed by atoms with Gasteiger partial charge in [0.25, 0.3) is 0 Å². The van der Waals surface area contributed by atoms with E-state index in [1.54, 1.807) is 30.2 Å². The number of rotatable bonds is 9. The molecule has 35 heavy (non-hydrogen) atoms. The number of amides is 1. The fraction of sp³-hybridized carbons (Fsp3) is 0.500. The molecule has 188 valence electrons. The predicted octanol–water partition coefficient (Wildman–Crippen LogP) is 3.67. The minimum atomic E-state index is -4.17. The number of hydrogen-bond acceptors (Lipinski definition) is 4. The molecule has 3 aliphatic rings. The van der Waals surface area contributed by atoms with Crippen LogP contribution in [0.4, 0.5) is 8.78 Å². The van der Waals surface area contributed by atoms with Gasteiger partial charge in [0.2, 0.25) is 21.9 Å². The topological polar surface area (TPSA) is 75.7 Å². The molecule has 2 saturated carbocycles. The average Bonchev–Trinajstić information content (AvgIpc) is 3.77. The fourth-order valence-corrected chi connectivity index (χ4v) is 6.46. The molecule has 1 saturated heterocycles. The zero-order valence-electron chi connectivity index (χ0n) is 19.7. The van der Waals surface area contributed by atoms with Crippen LogP contribution in [0.2, 0.25) is 0 Å². The van der Waals surface area contributed by atoms with E-state index in [0.717, 1.165) is 18.4 Å². The number of ether oxygens (including phenoxy) is 1. The minimum absolute atomic E-state index is 0.0859. The smallest absolute Gasteiger partial charge is 0.241 e. The molecule has 0 aromatic heterocycles. The summed E-state index contributed by atoms with van der Waals surface area (Å²) in [7, 11) is -2.62. The number of carbonyl (C=O) groups is 1. The molecule has 6 nitrogen and oxygen atoms in total. The van der Waals surface area contributed by atoms with Crippen molar-refractivity contribution in [2.45, 2.75) is 44.2 Å². The van der Waals surface area contributed by atoms with E-state index in [9.17, 15) is 17.6 Å². The summed E-state index contributed by atoms with van der Waals surface area (Å²) in [5, 5.41) is 0. The Hall–Kier alpha value is -2.36. The van der Waals surface area contributed by atoms with Crippen LogP contribution in [-0.4, -0.2) is 57.6 Å². The summed E-state index contributed by atoms with van der Waals surface area (Å²) in [6, 6.07) is 11.5. The van der Waals surface area contributed by atoms with Crippen LogP contribution in [0.3, 0.4) is 0 Å². The van der Waals surface area contributed by atoms with Crippen LogP contribution in [0, 0.1) is 16.6 Å². The van der Waals surface area contributed by atoms with Crippen molar-refractivity contribution in [3.05, 3.63) is 59.9 Å². The number of halogens is 2. The maximum absolute atomic E-state index is 15.7. The molecule has 3 fully saturated rings. The highest BCUT2D eigenvalue weighted by Gasteiger charge is 2.64. The molecular formula is C26H30F2N2O4S. The molecular weight excluding hydrogens is 474 g/mol. The van der Waals surface area contributed by atoms with E-state index >= 15 is 4.39 Å². The first kappa shape index (κ1) is 24.3. The van der Waals surface area contributed by atoms with Crippen LogP contribution in [0.5, 0.6) is 0 Å². The van der Waals surface area contributed by atoms with Gasteiger partial charge in [0.15, 0.2) is 0 Å². The van der Waals surface area contributed by atoms with E-state index in [0.29, 0.717) is 37.1 Å². The molecule has 9 heteroatoms. The van der Waals surface area contributed by atoms with Crippen molar-refractivity contribution in [3.8, 4) is 11.1 Å². The Morgan fingerprint density at radius 3 is 2.43 bits per heavy atom. The van der Waals surface area contributed by atoms with Crippen LogP contribution >= 0.6 is 0 Å². The lowest BCUT2D eigenvalue weighted by Gasteiger charge is -2.32. The Labute approximate surface area is 204 Å². The SMILES string of the molecule is COCC1(C(=O)N2CC3(CC3)[C@H](NS(=O)(=O)CF)[C@@H]2Cc2cccc(-c3ccccc3)c2F)CC1. The standard InChI is InChI=1S/C26H30F2N2O4S/c1-34-16-26(12-13-26)24(31)30-15-25(10-11-25)23(29-35(32,33)17-27)21(30)14-19-8-5-9-20(22(19)28)18-6-3-2-4-7-18/h2-9,21,23,29H,10-17H2,1H3/t21-,23+/m0/s1. The summed E-state index contributed by atoms with van der Waals surface area (Å²) in [5.41, 5.74) is 0.518. The molecule has 2 aromatic rings. The number of alkyl halides is 1. The Morgan fingerprint density at radius 1 is 1.11 bits per heavy atom. The summed E-state index contributed by atoms with van der Waals surface area (Å²) in [6.07, 6.45) is 3.00. The van der Waals surface area contributed by atoms with Crippen molar-refractivity contribution >= 4 is 15.9 Å². The Kier molecular flexibility index (Phi) is 6.22. The second-order valence-corrected chi connectivity index (χ2v) is 11.9. The summed E-state index contributed by atoms with van der Waals surface area (Å²) < 4.78 is 61.4. The molecule has 1 N–H and O–H groups in total. The highest BCUT2D eigenvalue weighted by molar-refractivity contribution is 7.89. The molecule has 2 atom stereocenters. The summed E-state index contributed by atoms with van der Waals surface area (Å²) in [4.78, 5) is 15.4. The number of nitrogens with one attached hydrogen (secondary N) is 1. The average molecular weight is 505 g/mol. The number of hydrogen-bond donors (Lipinski definition) is 1. The second-order valence-electron chi connectivity index (χ2n) is 10.2. The van der Waals surface area contributed by atoms with Gasteiger partial charge in [-0.1, -0.05) is 48.5 Å².